The molecule has 1 heterocycles. The van der Waals surface area contributed by atoms with Crippen molar-refractivity contribution >= 4 is 11.9 Å². The van der Waals surface area contributed by atoms with Crippen molar-refractivity contribution in [2.45, 2.75) is 12.5 Å². The predicted molar refractivity (Wildman–Crippen MR) is 54.8 cm³/mol. The first-order valence-electron chi connectivity index (χ1n) is 4.57. The number of aliphatic hydroxyl groups is 1. The summed E-state index contributed by atoms with van der Waals surface area (Å²) in [7, 11) is 0. The SMILES string of the molecule is CC(O)(CNC(=O)c1ccncc1)C(=O)O. The molecule has 0 aliphatic heterocycles. The van der Waals surface area contributed by atoms with E-state index in [1.54, 1.807) is 0 Å². The molecule has 6 heteroatoms. The second kappa shape index (κ2) is 4.71. The Morgan fingerprint density at radius 3 is 2.50 bits per heavy atom. The van der Waals surface area contributed by atoms with E-state index < -0.39 is 17.5 Å². The Hall–Kier alpha value is -1.95. The normalized spacial score (nSPS) is 13.9. The third-order valence-electron chi connectivity index (χ3n) is 2.00. The summed E-state index contributed by atoms with van der Waals surface area (Å²) in [6.07, 6.45) is 2.90. The Morgan fingerprint density at radius 1 is 1.44 bits per heavy atom. The summed E-state index contributed by atoms with van der Waals surface area (Å²) in [5, 5.41) is 20.3. The van der Waals surface area contributed by atoms with E-state index in [2.05, 4.69) is 10.3 Å². The van der Waals surface area contributed by atoms with Crippen LogP contribution in [0.3, 0.4) is 0 Å². The van der Waals surface area contributed by atoms with E-state index in [4.69, 9.17) is 5.11 Å². The Bertz CT molecular complexity index is 389. The molecule has 0 fully saturated rings. The van der Waals surface area contributed by atoms with Gasteiger partial charge in [0.05, 0.1) is 6.54 Å². The average molecular weight is 224 g/mol. The smallest absolute Gasteiger partial charge is 0.337 e. The number of carboxylic acids is 1. The van der Waals surface area contributed by atoms with Crippen LogP contribution in [0.4, 0.5) is 0 Å². The first-order valence-corrected chi connectivity index (χ1v) is 4.57. The molecule has 0 aliphatic rings. The molecular weight excluding hydrogens is 212 g/mol. The van der Waals surface area contributed by atoms with Crippen LogP contribution in [0.1, 0.15) is 17.3 Å². The number of hydrogen-bond acceptors (Lipinski definition) is 4. The highest BCUT2D eigenvalue weighted by molar-refractivity contribution is 5.94. The number of rotatable bonds is 4. The standard InChI is InChI=1S/C10H12N2O4/c1-10(16,9(14)15)6-12-8(13)7-2-4-11-5-3-7/h2-5,16H,6H2,1H3,(H,12,13)(H,14,15). The van der Waals surface area contributed by atoms with E-state index in [0.29, 0.717) is 5.56 Å². The number of hydrogen-bond donors (Lipinski definition) is 3. The van der Waals surface area contributed by atoms with E-state index in [9.17, 15) is 14.7 Å². The van der Waals surface area contributed by atoms with Crippen LogP contribution in [-0.2, 0) is 4.79 Å². The Balaban J connectivity index is 2.58. The number of carbonyl (C=O) groups is 2. The molecule has 1 aromatic rings. The lowest BCUT2D eigenvalue weighted by molar-refractivity contribution is -0.155. The summed E-state index contributed by atoms with van der Waals surface area (Å²) in [5.41, 5.74) is -1.61. The molecule has 3 N–H and O–H groups in total. The summed E-state index contributed by atoms with van der Waals surface area (Å²) in [6, 6.07) is 2.98. The number of aliphatic carboxylic acids is 1. The fourth-order valence-corrected chi connectivity index (χ4v) is 0.933. The Kier molecular flexibility index (Phi) is 3.57. The topological polar surface area (TPSA) is 99.5 Å². The molecule has 1 rings (SSSR count). The van der Waals surface area contributed by atoms with Gasteiger partial charge in [0, 0.05) is 18.0 Å². The summed E-state index contributed by atoms with van der Waals surface area (Å²) < 4.78 is 0. The zero-order chi connectivity index (χ0) is 12.2. The molecule has 0 aliphatic carbocycles. The quantitative estimate of drug-likeness (QED) is 0.649. The number of pyridine rings is 1. The molecule has 0 bridgehead atoms. The third-order valence-corrected chi connectivity index (χ3v) is 2.00. The predicted octanol–water partition coefficient (Wildman–Crippen LogP) is -0.353. The van der Waals surface area contributed by atoms with Crippen LogP contribution < -0.4 is 5.32 Å². The second-order valence-electron chi connectivity index (χ2n) is 3.50. The fourth-order valence-electron chi connectivity index (χ4n) is 0.933. The van der Waals surface area contributed by atoms with Crippen molar-refractivity contribution < 1.29 is 19.8 Å². The van der Waals surface area contributed by atoms with Crippen molar-refractivity contribution in [3.05, 3.63) is 30.1 Å². The molecule has 0 spiro atoms. The molecule has 6 nitrogen and oxygen atoms in total. The van der Waals surface area contributed by atoms with Crippen molar-refractivity contribution in [2.24, 2.45) is 0 Å². The number of amides is 1. The van der Waals surface area contributed by atoms with E-state index in [0.717, 1.165) is 6.92 Å². The van der Waals surface area contributed by atoms with E-state index in [1.807, 2.05) is 0 Å². The van der Waals surface area contributed by atoms with Gasteiger partial charge in [-0.05, 0) is 19.1 Å². The van der Waals surface area contributed by atoms with Crippen molar-refractivity contribution in [1.82, 2.24) is 10.3 Å². The lowest BCUT2D eigenvalue weighted by Gasteiger charge is -2.18. The number of carbonyl (C=O) groups excluding carboxylic acids is 1. The minimum Gasteiger partial charge on any atom is -0.479 e. The van der Waals surface area contributed by atoms with Crippen molar-refractivity contribution in [3.8, 4) is 0 Å². The second-order valence-corrected chi connectivity index (χ2v) is 3.50. The number of nitrogens with zero attached hydrogens (tertiary/aromatic N) is 1. The highest BCUT2D eigenvalue weighted by atomic mass is 16.4. The van der Waals surface area contributed by atoms with Gasteiger partial charge in [-0.3, -0.25) is 9.78 Å². The minimum absolute atomic E-state index is 0.358. The van der Waals surface area contributed by atoms with Gasteiger partial charge in [0.25, 0.3) is 5.91 Å². The van der Waals surface area contributed by atoms with E-state index >= 15 is 0 Å². The van der Waals surface area contributed by atoms with Crippen LogP contribution in [0.5, 0.6) is 0 Å². The maximum atomic E-state index is 11.5. The van der Waals surface area contributed by atoms with Crippen LogP contribution in [0, 0.1) is 0 Å². The van der Waals surface area contributed by atoms with Crippen molar-refractivity contribution in [2.75, 3.05) is 6.54 Å². The van der Waals surface area contributed by atoms with Gasteiger partial charge in [-0.25, -0.2) is 4.79 Å². The van der Waals surface area contributed by atoms with Crippen LogP contribution in [0.25, 0.3) is 0 Å². The number of aromatic nitrogens is 1. The van der Waals surface area contributed by atoms with Gasteiger partial charge in [-0.2, -0.15) is 0 Å². The average Bonchev–Trinajstić information content (AvgIpc) is 2.27. The van der Waals surface area contributed by atoms with Gasteiger partial charge in [0.2, 0.25) is 0 Å². The Labute approximate surface area is 91.9 Å². The zero-order valence-electron chi connectivity index (χ0n) is 8.67. The lowest BCUT2D eigenvalue weighted by Crippen LogP contribution is -2.46. The van der Waals surface area contributed by atoms with Gasteiger partial charge < -0.3 is 15.5 Å². The largest absolute Gasteiger partial charge is 0.479 e. The van der Waals surface area contributed by atoms with E-state index in [1.165, 1.54) is 24.5 Å². The monoisotopic (exact) mass is 224 g/mol. The summed E-state index contributed by atoms with van der Waals surface area (Å²) in [6.45, 7) is 0.756. The molecule has 86 valence electrons. The molecule has 0 radical (unpaired) electrons. The van der Waals surface area contributed by atoms with E-state index in [-0.39, 0.29) is 6.54 Å². The summed E-state index contributed by atoms with van der Waals surface area (Å²) in [4.78, 5) is 25.8. The van der Waals surface area contributed by atoms with Gasteiger partial charge in [0.1, 0.15) is 0 Å². The van der Waals surface area contributed by atoms with Crippen LogP contribution in [-0.4, -0.2) is 39.2 Å². The Morgan fingerprint density at radius 2 is 2.00 bits per heavy atom. The molecule has 1 unspecified atom stereocenters. The summed E-state index contributed by atoms with van der Waals surface area (Å²) in [5.74, 6) is -1.84. The maximum absolute atomic E-state index is 11.5. The van der Waals surface area contributed by atoms with Crippen LogP contribution in [0.2, 0.25) is 0 Å². The van der Waals surface area contributed by atoms with Gasteiger partial charge >= 0.3 is 5.97 Å². The number of carboxylic acid groups (broad SMARTS) is 1. The molecule has 0 aromatic carbocycles. The van der Waals surface area contributed by atoms with Gasteiger partial charge in [-0.15, -0.1) is 0 Å². The summed E-state index contributed by atoms with van der Waals surface area (Å²) >= 11 is 0. The van der Waals surface area contributed by atoms with Crippen LogP contribution >= 0.6 is 0 Å². The molecule has 1 aromatic heterocycles. The molecular formula is C10H12N2O4. The van der Waals surface area contributed by atoms with Gasteiger partial charge in [0.15, 0.2) is 5.60 Å². The zero-order valence-corrected chi connectivity index (χ0v) is 8.67. The molecule has 1 atom stereocenters. The van der Waals surface area contributed by atoms with Crippen LogP contribution in [0.15, 0.2) is 24.5 Å². The molecule has 1 amide bonds. The van der Waals surface area contributed by atoms with Crippen molar-refractivity contribution in [1.29, 1.82) is 0 Å². The maximum Gasteiger partial charge on any atom is 0.337 e. The highest BCUT2D eigenvalue weighted by Crippen LogP contribution is 2.02. The third kappa shape index (κ3) is 3.03. The first-order chi connectivity index (χ1) is 7.43. The highest BCUT2D eigenvalue weighted by Gasteiger charge is 2.30. The lowest BCUT2D eigenvalue weighted by atomic mass is 10.1. The van der Waals surface area contributed by atoms with Crippen molar-refractivity contribution in [3.63, 3.8) is 0 Å². The molecule has 16 heavy (non-hydrogen) atoms. The van der Waals surface area contributed by atoms with Gasteiger partial charge in [-0.1, -0.05) is 0 Å². The number of nitrogens with one attached hydrogen (secondary N) is 1. The first kappa shape index (κ1) is 12.1. The minimum atomic E-state index is -1.97. The molecule has 0 saturated carbocycles. The molecule has 0 saturated heterocycles. The fraction of sp³-hybridized carbons (Fsp3) is 0.300.